The maximum Gasteiger partial charge on any atom is 0.407 e. The van der Waals surface area contributed by atoms with Gasteiger partial charge in [0.25, 0.3) is 0 Å². The Labute approximate surface area is 127 Å². The number of rotatable bonds is 5. The fourth-order valence-electron chi connectivity index (χ4n) is 2.27. The molecule has 4 heteroatoms. The van der Waals surface area contributed by atoms with E-state index >= 15 is 0 Å². The number of hydrogen-bond acceptors (Lipinski definition) is 3. The summed E-state index contributed by atoms with van der Waals surface area (Å²) in [7, 11) is 0. The predicted molar refractivity (Wildman–Crippen MR) is 84.4 cm³/mol. The summed E-state index contributed by atoms with van der Waals surface area (Å²) in [6, 6.07) is 11.0. The van der Waals surface area contributed by atoms with Crippen LogP contribution in [0, 0.1) is 0 Å². The highest BCUT2D eigenvalue weighted by Crippen LogP contribution is 2.23. The van der Waals surface area contributed by atoms with Crippen molar-refractivity contribution in [2.75, 3.05) is 6.54 Å². The van der Waals surface area contributed by atoms with Gasteiger partial charge in [0.1, 0.15) is 5.60 Å². The van der Waals surface area contributed by atoms with Crippen LogP contribution >= 0.6 is 0 Å². The van der Waals surface area contributed by atoms with E-state index in [0.29, 0.717) is 12.0 Å². The standard InChI is InChI=1S/C17H26N2O2/c1-12(13-8-6-5-7-9-13)11-18-14-10-15(14)19-16(20)21-17(2,3)4/h5-9,12,14-15,18H,10-11H2,1-4H3,(H,19,20). The Morgan fingerprint density at radius 2 is 1.95 bits per heavy atom. The summed E-state index contributed by atoms with van der Waals surface area (Å²) in [4.78, 5) is 11.7. The second kappa shape index (κ2) is 6.48. The van der Waals surface area contributed by atoms with Gasteiger partial charge >= 0.3 is 6.09 Å². The number of carbonyl (C=O) groups excluding carboxylic acids is 1. The van der Waals surface area contributed by atoms with Gasteiger partial charge in [-0.2, -0.15) is 0 Å². The molecule has 2 N–H and O–H groups in total. The fraction of sp³-hybridized carbons (Fsp3) is 0.588. The molecule has 0 bridgehead atoms. The topological polar surface area (TPSA) is 50.4 Å². The summed E-state index contributed by atoms with van der Waals surface area (Å²) in [5, 5.41) is 6.40. The lowest BCUT2D eigenvalue weighted by molar-refractivity contribution is 0.0522. The molecule has 1 saturated carbocycles. The second-order valence-electron chi connectivity index (χ2n) is 6.81. The van der Waals surface area contributed by atoms with Crippen LogP contribution in [0.3, 0.4) is 0 Å². The maximum absolute atomic E-state index is 11.7. The molecule has 3 unspecified atom stereocenters. The van der Waals surface area contributed by atoms with Crippen LogP contribution in [0.2, 0.25) is 0 Å². The molecule has 4 nitrogen and oxygen atoms in total. The van der Waals surface area contributed by atoms with Gasteiger partial charge in [0.2, 0.25) is 0 Å². The van der Waals surface area contributed by atoms with E-state index in [1.54, 1.807) is 0 Å². The number of benzene rings is 1. The molecule has 1 aliphatic rings. The Bertz CT molecular complexity index is 467. The van der Waals surface area contributed by atoms with Crippen molar-refractivity contribution >= 4 is 6.09 Å². The summed E-state index contributed by atoms with van der Waals surface area (Å²) in [6.45, 7) is 8.74. The largest absolute Gasteiger partial charge is 0.444 e. The number of alkyl carbamates (subject to hydrolysis) is 1. The SMILES string of the molecule is CC(CNC1CC1NC(=O)OC(C)(C)C)c1ccccc1. The smallest absolute Gasteiger partial charge is 0.407 e. The first-order valence-corrected chi connectivity index (χ1v) is 7.63. The molecule has 21 heavy (non-hydrogen) atoms. The number of hydrogen-bond donors (Lipinski definition) is 2. The molecule has 0 radical (unpaired) electrons. The van der Waals surface area contributed by atoms with Crippen LogP contribution in [0.15, 0.2) is 30.3 Å². The van der Waals surface area contributed by atoms with Gasteiger partial charge in [-0.25, -0.2) is 4.79 Å². The Hall–Kier alpha value is -1.55. The van der Waals surface area contributed by atoms with Crippen LogP contribution in [-0.4, -0.2) is 30.3 Å². The van der Waals surface area contributed by atoms with Gasteiger partial charge in [-0.05, 0) is 38.7 Å². The Balaban J connectivity index is 1.67. The predicted octanol–water partition coefficient (Wildman–Crippen LogP) is 3.05. The molecule has 1 aromatic carbocycles. The van der Waals surface area contributed by atoms with Crippen LogP contribution in [0.1, 0.15) is 45.6 Å². The van der Waals surface area contributed by atoms with E-state index in [1.165, 1.54) is 5.56 Å². The quantitative estimate of drug-likeness (QED) is 0.876. The van der Waals surface area contributed by atoms with E-state index < -0.39 is 5.60 Å². The minimum atomic E-state index is -0.441. The molecule has 1 aromatic rings. The van der Waals surface area contributed by atoms with Gasteiger partial charge in [0, 0.05) is 18.6 Å². The third-order valence-electron chi connectivity index (χ3n) is 3.55. The lowest BCUT2D eigenvalue weighted by atomic mass is 10.0. The zero-order valence-corrected chi connectivity index (χ0v) is 13.3. The fourth-order valence-corrected chi connectivity index (χ4v) is 2.27. The van der Waals surface area contributed by atoms with Gasteiger partial charge in [-0.15, -0.1) is 0 Å². The molecule has 1 fully saturated rings. The molecule has 1 aliphatic carbocycles. The molecule has 0 aliphatic heterocycles. The zero-order valence-electron chi connectivity index (χ0n) is 13.3. The van der Waals surface area contributed by atoms with Crippen LogP contribution in [0.25, 0.3) is 0 Å². The van der Waals surface area contributed by atoms with Crippen LogP contribution in [-0.2, 0) is 4.74 Å². The molecule has 0 spiro atoms. The van der Waals surface area contributed by atoms with Crippen molar-refractivity contribution in [1.82, 2.24) is 10.6 Å². The van der Waals surface area contributed by atoms with Gasteiger partial charge in [0.05, 0.1) is 0 Å². The summed E-state index contributed by atoms with van der Waals surface area (Å²) >= 11 is 0. The van der Waals surface area contributed by atoms with Crippen LogP contribution in [0.4, 0.5) is 4.79 Å². The van der Waals surface area contributed by atoms with Crippen molar-refractivity contribution in [3.8, 4) is 0 Å². The molecule has 2 rings (SSSR count). The highest BCUT2D eigenvalue weighted by atomic mass is 16.6. The molecular formula is C17H26N2O2. The number of ether oxygens (including phenoxy) is 1. The average Bonchev–Trinajstić information content (AvgIpc) is 3.12. The molecule has 0 heterocycles. The lowest BCUT2D eigenvalue weighted by Crippen LogP contribution is -2.37. The molecule has 0 aromatic heterocycles. The van der Waals surface area contributed by atoms with E-state index in [2.05, 4.69) is 41.8 Å². The van der Waals surface area contributed by atoms with Gasteiger partial charge in [-0.3, -0.25) is 0 Å². The molecule has 3 atom stereocenters. The molecule has 116 valence electrons. The van der Waals surface area contributed by atoms with E-state index in [9.17, 15) is 4.79 Å². The first kappa shape index (κ1) is 15.8. The van der Waals surface area contributed by atoms with Crippen LogP contribution < -0.4 is 10.6 Å². The summed E-state index contributed by atoms with van der Waals surface area (Å²) < 4.78 is 5.25. The number of nitrogens with one attached hydrogen (secondary N) is 2. The molecule has 1 amide bonds. The molecule has 0 saturated heterocycles. The maximum atomic E-state index is 11.7. The van der Waals surface area contributed by atoms with Crippen molar-refractivity contribution in [2.45, 2.75) is 57.7 Å². The second-order valence-corrected chi connectivity index (χ2v) is 6.81. The summed E-state index contributed by atoms with van der Waals surface area (Å²) in [6.07, 6.45) is 0.647. The average molecular weight is 290 g/mol. The highest BCUT2D eigenvalue weighted by Gasteiger charge is 2.39. The minimum Gasteiger partial charge on any atom is -0.444 e. The molecular weight excluding hydrogens is 264 g/mol. The van der Waals surface area contributed by atoms with Gasteiger partial charge in [0.15, 0.2) is 0 Å². The van der Waals surface area contributed by atoms with E-state index in [-0.39, 0.29) is 12.1 Å². The monoisotopic (exact) mass is 290 g/mol. The van der Waals surface area contributed by atoms with Crippen molar-refractivity contribution in [2.24, 2.45) is 0 Å². The van der Waals surface area contributed by atoms with E-state index in [0.717, 1.165) is 13.0 Å². The summed E-state index contributed by atoms with van der Waals surface area (Å²) in [5.74, 6) is 0.467. The lowest BCUT2D eigenvalue weighted by Gasteiger charge is -2.19. The zero-order chi connectivity index (χ0) is 15.5. The van der Waals surface area contributed by atoms with E-state index in [4.69, 9.17) is 4.74 Å². The number of amides is 1. The van der Waals surface area contributed by atoms with Gasteiger partial charge in [-0.1, -0.05) is 37.3 Å². The Kier molecular flexibility index (Phi) is 4.88. The van der Waals surface area contributed by atoms with Crippen molar-refractivity contribution < 1.29 is 9.53 Å². The van der Waals surface area contributed by atoms with Gasteiger partial charge < -0.3 is 15.4 Å². The van der Waals surface area contributed by atoms with Crippen molar-refractivity contribution in [3.63, 3.8) is 0 Å². The third kappa shape index (κ3) is 5.38. The van der Waals surface area contributed by atoms with Crippen molar-refractivity contribution in [3.05, 3.63) is 35.9 Å². The third-order valence-corrected chi connectivity index (χ3v) is 3.55. The first-order chi connectivity index (χ1) is 9.85. The Morgan fingerprint density at radius 1 is 1.29 bits per heavy atom. The normalized spacial score (nSPS) is 22.5. The Morgan fingerprint density at radius 3 is 2.57 bits per heavy atom. The first-order valence-electron chi connectivity index (χ1n) is 7.63. The van der Waals surface area contributed by atoms with Crippen LogP contribution in [0.5, 0.6) is 0 Å². The summed E-state index contributed by atoms with van der Waals surface area (Å²) in [5.41, 5.74) is 0.895. The highest BCUT2D eigenvalue weighted by molar-refractivity contribution is 5.68. The number of carbonyl (C=O) groups is 1. The minimum absolute atomic E-state index is 0.197. The van der Waals surface area contributed by atoms with E-state index in [1.807, 2.05) is 26.8 Å². The van der Waals surface area contributed by atoms with Crippen molar-refractivity contribution in [1.29, 1.82) is 0 Å².